The van der Waals surface area contributed by atoms with Crippen LogP contribution in [0.4, 0.5) is 11.4 Å². The summed E-state index contributed by atoms with van der Waals surface area (Å²) in [6.45, 7) is 0. The van der Waals surface area contributed by atoms with Crippen LogP contribution in [-0.2, 0) is 0 Å². The number of nitrogens with one attached hydrogen (secondary N) is 1. The molecule has 4 rings (SSSR count). The zero-order chi connectivity index (χ0) is 18.1. The molecule has 1 aliphatic carbocycles. The molecule has 5 nitrogen and oxygen atoms in total. The third-order valence-electron chi connectivity index (χ3n) is 4.34. The lowest BCUT2D eigenvalue weighted by molar-refractivity contribution is 0.0698. The summed E-state index contributed by atoms with van der Waals surface area (Å²) in [4.78, 5) is 20.3. The van der Waals surface area contributed by atoms with E-state index in [0.717, 1.165) is 24.0 Å². The minimum atomic E-state index is -0.952. The van der Waals surface area contributed by atoms with Gasteiger partial charge in [0.05, 0.1) is 29.3 Å². The Morgan fingerprint density at radius 3 is 2.54 bits per heavy atom. The Bertz CT molecular complexity index is 969. The van der Waals surface area contributed by atoms with Gasteiger partial charge in [-0.15, -0.1) is 0 Å². The zero-order valence-electron chi connectivity index (χ0n) is 13.8. The van der Waals surface area contributed by atoms with E-state index in [9.17, 15) is 9.90 Å². The maximum Gasteiger partial charge on any atom is 0.337 e. The second-order valence-corrected chi connectivity index (χ2v) is 6.75. The molecule has 1 aliphatic rings. The van der Waals surface area contributed by atoms with E-state index >= 15 is 0 Å². The van der Waals surface area contributed by atoms with Crippen LogP contribution in [0.3, 0.4) is 0 Å². The van der Waals surface area contributed by atoms with E-state index in [4.69, 9.17) is 11.6 Å². The largest absolute Gasteiger partial charge is 0.478 e. The van der Waals surface area contributed by atoms with Gasteiger partial charge in [0.25, 0.3) is 0 Å². The number of aromatic carboxylic acids is 1. The Kier molecular flexibility index (Phi) is 4.31. The number of anilines is 2. The lowest BCUT2D eigenvalue weighted by atomic mass is 10.0. The predicted octanol–water partition coefficient (Wildman–Crippen LogP) is 5.12. The molecule has 0 aliphatic heterocycles. The molecule has 1 aromatic heterocycles. The number of carbonyl (C=O) groups is 1. The highest BCUT2D eigenvalue weighted by molar-refractivity contribution is 6.30. The molecule has 1 heterocycles. The fourth-order valence-corrected chi connectivity index (χ4v) is 3.03. The predicted molar refractivity (Wildman–Crippen MR) is 101 cm³/mol. The summed E-state index contributed by atoms with van der Waals surface area (Å²) in [7, 11) is 0. The maximum absolute atomic E-state index is 11.6. The molecule has 0 amide bonds. The Morgan fingerprint density at radius 2 is 1.88 bits per heavy atom. The van der Waals surface area contributed by atoms with Gasteiger partial charge in [-0.2, -0.15) is 0 Å². The van der Waals surface area contributed by atoms with Gasteiger partial charge in [0, 0.05) is 10.6 Å². The molecule has 0 saturated heterocycles. The minimum absolute atomic E-state index is 0.258. The van der Waals surface area contributed by atoms with Crippen LogP contribution in [0.25, 0.3) is 11.4 Å². The average molecular weight is 366 g/mol. The van der Waals surface area contributed by atoms with Crippen molar-refractivity contribution < 1.29 is 9.90 Å². The first-order valence-corrected chi connectivity index (χ1v) is 8.70. The van der Waals surface area contributed by atoms with E-state index in [0.29, 0.717) is 28.1 Å². The third kappa shape index (κ3) is 3.53. The monoisotopic (exact) mass is 365 g/mol. The van der Waals surface area contributed by atoms with Gasteiger partial charge >= 0.3 is 5.97 Å². The van der Waals surface area contributed by atoms with Crippen LogP contribution in [0.5, 0.6) is 0 Å². The standard InChI is InChI=1S/C20H16ClN3O2/c21-15-3-1-2-14(8-15)19-22-10-16(11-23-19)24-18-7-6-13(12-4-5-12)9-17(18)20(25)26/h1-3,6-12,24H,4-5H2,(H,25,26). The number of carboxylic acid groups (broad SMARTS) is 1. The van der Waals surface area contributed by atoms with Crippen molar-refractivity contribution >= 4 is 28.9 Å². The number of rotatable bonds is 5. The molecular formula is C20H16ClN3O2. The number of benzene rings is 2. The lowest BCUT2D eigenvalue weighted by Gasteiger charge is -2.11. The molecule has 1 fully saturated rings. The number of carboxylic acids is 1. The van der Waals surface area contributed by atoms with Crippen molar-refractivity contribution in [1.82, 2.24) is 9.97 Å². The Balaban J connectivity index is 1.58. The smallest absolute Gasteiger partial charge is 0.337 e. The van der Waals surface area contributed by atoms with Crippen molar-refractivity contribution in [2.45, 2.75) is 18.8 Å². The van der Waals surface area contributed by atoms with Crippen LogP contribution in [0, 0.1) is 0 Å². The van der Waals surface area contributed by atoms with Crippen LogP contribution in [0.15, 0.2) is 54.9 Å². The van der Waals surface area contributed by atoms with E-state index in [1.54, 1.807) is 30.6 Å². The minimum Gasteiger partial charge on any atom is -0.478 e. The van der Waals surface area contributed by atoms with Crippen molar-refractivity contribution in [1.29, 1.82) is 0 Å². The maximum atomic E-state index is 11.6. The van der Waals surface area contributed by atoms with Crippen LogP contribution < -0.4 is 5.32 Å². The van der Waals surface area contributed by atoms with Crippen LogP contribution >= 0.6 is 11.6 Å². The molecular weight excluding hydrogens is 350 g/mol. The van der Waals surface area contributed by atoms with Crippen molar-refractivity contribution in [3.05, 3.63) is 71.0 Å². The highest BCUT2D eigenvalue weighted by atomic mass is 35.5. The number of aromatic nitrogens is 2. The number of halogens is 1. The number of hydrogen-bond donors (Lipinski definition) is 2. The number of nitrogens with zero attached hydrogens (tertiary/aromatic N) is 2. The summed E-state index contributed by atoms with van der Waals surface area (Å²) in [6.07, 6.45) is 5.52. The summed E-state index contributed by atoms with van der Waals surface area (Å²) in [5.41, 5.74) is 3.32. The molecule has 2 N–H and O–H groups in total. The van der Waals surface area contributed by atoms with Gasteiger partial charge in [0.1, 0.15) is 0 Å². The zero-order valence-corrected chi connectivity index (χ0v) is 14.6. The number of hydrogen-bond acceptors (Lipinski definition) is 4. The lowest BCUT2D eigenvalue weighted by Crippen LogP contribution is -2.04. The normalized spacial score (nSPS) is 13.4. The van der Waals surface area contributed by atoms with Gasteiger partial charge in [0.15, 0.2) is 5.82 Å². The Hall–Kier alpha value is -2.92. The first kappa shape index (κ1) is 16.5. The van der Waals surface area contributed by atoms with E-state index in [2.05, 4.69) is 15.3 Å². The highest BCUT2D eigenvalue weighted by Crippen LogP contribution is 2.41. The van der Waals surface area contributed by atoms with Gasteiger partial charge in [0.2, 0.25) is 0 Å². The fourth-order valence-electron chi connectivity index (χ4n) is 2.84. The van der Waals surface area contributed by atoms with Crippen molar-refractivity contribution in [2.75, 3.05) is 5.32 Å². The molecule has 0 unspecified atom stereocenters. The van der Waals surface area contributed by atoms with Gasteiger partial charge < -0.3 is 10.4 Å². The second-order valence-electron chi connectivity index (χ2n) is 6.32. The second kappa shape index (κ2) is 6.77. The molecule has 3 aromatic rings. The average Bonchev–Trinajstić information content (AvgIpc) is 3.48. The summed E-state index contributed by atoms with van der Waals surface area (Å²) in [6, 6.07) is 12.9. The highest BCUT2D eigenvalue weighted by Gasteiger charge is 2.25. The molecule has 130 valence electrons. The summed E-state index contributed by atoms with van der Waals surface area (Å²) in [5.74, 6) is 0.106. The summed E-state index contributed by atoms with van der Waals surface area (Å²) < 4.78 is 0. The van der Waals surface area contributed by atoms with E-state index in [1.165, 1.54) is 0 Å². The van der Waals surface area contributed by atoms with E-state index in [-0.39, 0.29) is 5.56 Å². The van der Waals surface area contributed by atoms with Crippen LogP contribution in [0.1, 0.15) is 34.7 Å². The van der Waals surface area contributed by atoms with Gasteiger partial charge in [-0.3, -0.25) is 0 Å². The molecule has 0 atom stereocenters. The molecule has 6 heteroatoms. The molecule has 26 heavy (non-hydrogen) atoms. The fraction of sp³-hybridized carbons (Fsp3) is 0.150. The van der Waals surface area contributed by atoms with Crippen molar-refractivity contribution in [2.24, 2.45) is 0 Å². The van der Waals surface area contributed by atoms with Gasteiger partial charge in [-0.1, -0.05) is 29.8 Å². The van der Waals surface area contributed by atoms with E-state index in [1.807, 2.05) is 24.3 Å². The van der Waals surface area contributed by atoms with Crippen molar-refractivity contribution in [3.8, 4) is 11.4 Å². The first-order chi connectivity index (χ1) is 12.6. The van der Waals surface area contributed by atoms with Gasteiger partial charge in [-0.25, -0.2) is 14.8 Å². The quantitative estimate of drug-likeness (QED) is 0.656. The molecule has 0 bridgehead atoms. The van der Waals surface area contributed by atoms with Gasteiger partial charge in [-0.05, 0) is 48.6 Å². The molecule has 2 aromatic carbocycles. The summed E-state index contributed by atoms with van der Waals surface area (Å²) >= 11 is 6.00. The van der Waals surface area contributed by atoms with Crippen molar-refractivity contribution in [3.63, 3.8) is 0 Å². The molecule has 0 radical (unpaired) electrons. The van der Waals surface area contributed by atoms with Crippen LogP contribution in [0.2, 0.25) is 5.02 Å². The summed E-state index contributed by atoms with van der Waals surface area (Å²) in [5, 5.41) is 13.2. The first-order valence-electron chi connectivity index (χ1n) is 8.32. The molecule has 0 spiro atoms. The third-order valence-corrected chi connectivity index (χ3v) is 4.57. The Morgan fingerprint density at radius 1 is 1.12 bits per heavy atom. The van der Waals surface area contributed by atoms with E-state index < -0.39 is 5.97 Å². The molecule has 1 saturated carbocycles. The Labute approximate surface area is 155 Å². The van der Waals surface area contributed by atoms with Crippen LogP contribution in [-0.4, -0.2) is 21.0 Å². The SMILES string of the molecule is O=C(O)c1cc(C2CC2)ccc1Nc1cnc(-c2cccc(Cl)c2)nc1. The topological polar surface area (TPSA) is 75.1 Å².